The number of rotatable bonds is 5. The predicted molar refractivity (Wildman–Crippen MR) is 66.4 cm³/mol. The molecule has 0 bridgehead atoms. The van der Waals surface area contributed by atoms with Crippen LogP contribution in [0.3, 0.4) is 0 Å². The first-order chi connectivity index (χ1) is 10.5. The van der Waals surface area contributed by atoms with Crippen LogP contribution in [0.15, 0.2) is 0 Å². The second-order valence-electron chi connectivity index (χ2n) is 6.29. The maximum absolute atomic E-state index is 15.1. The summed E-state index contributed by atoms with van der Waals surface area (Å²) in [5.74, 6) is -28.5. The smallest absolute Gasteiger partial charge is 0.233 e. The van der Waals surface area contributed by atoms with E-state index in [2.05, 4.69) is 0 Å². The topological polar surface area (TPSA) is 0 Å². The lowest BCUT2D eigenvalue weighted by Crippen LogP contribution is -2.85. The molecule has 144 valence electrons. The summed E-state index contributed by atoms with van der Waals surface area (Å²) in [6, 6.07) is 0. The Bertz CT molecular complexity index is 432. The minimum absolute atomic E-state index is 0.115. The molecule has 0 aromatic rings. The normalized spacial score (nSPS) is 36.8. The van der Waals surface area contributed by atoms with Gasteiger partial charge in [0, 0.05) is 5.92 Å². The lowest BCUT2D eigenvalue weighted by molar-refractivity contribution is -0.468. The van der Waals surface area contributed by atoms with Crippen molar-refractivity contribution in [2.45, 2.75) is 81.5 Å². The van der Waals surface area contributed by atoms with Crippen molar-refractivity contribution in [2.75, 3.05) is 0 Å². The van der Waals surface area contributed by atoms with Crippen LogP contribution in [0.5, 0.6) is 0 Å². The molecule has 0 aromatic heterocycles. The van der Waals surface area contributed by atoms with E-state index < -0.39 is 60.7 Å². The van der Waals surface area contributed by atoms with E-state index >= 15 is 4.39 Å². The van der Waals surface area contributed by atoms with Gasteiger partial charge in [0.1, 0.15) is 0 Å². The first-order valence-corrected chi connectivity index (χ1v) is 7.41. The van der Waals surface area contributed by atoms with Crippen molar-refractivity contribution in [3.63, 3.8) is 0 Å². The maximum atomic E-state index is 15.1. The third kappa shape index (κ3) is 2.06. The maximum Gasteiger partial charge on any atom is 0.381 e. The number of hydrogen-bond acceptors (Lipinski definition) is 0. The van der Waals surface area contributed by atoms with Crippen molar-refractivity contribution in [3.8, 4) is 0 Å². The van der Waals surface area contributed by atoms with Crippen LogP contribution in [0, 0.1) is 5.92 Å². The van der Waals surface area contributed by atoms with Gasteiger partial charge < -0.3 is 0 Å². The molecule has 0 spiro atoms. The Balaban J connectivity index is 3.79. The monoisotopic (exact) mass is 376 g/mol. The summed E-state index contributed by atoms with van der Waals surface area (Å²) in [6.07, 6.45) is -1.51. The average Bonchev–Trinajstić information content (AvgIpc) is 2.43. The van der Waals surface area contributed by atoms with E-state index in [1.165, 1.54) is 13.8 Å². The van der Waals surface area contributed by atoms with E-state index in [0.717, 1.165) is 0 Å². The van der Waals surface area contributed by atoms with Gasteiger partial charge >= 0.3 is 23.7 Å². The molecule has 24 heavy (non-hydrogen) atoms. The van der Waals surface area contributed by atoms with Crippen molar-refractivity contribution in [1.29, 1.82) is 0 Å². The van der Waals surface area contributed by atoms with E-state index in [-0.39, 0.29) is 12.8 Å². The zero-order valence-electron chi connectivity index (χ0n) is 13.2. The second kappa shape index (κ2) is 5.65. The quantitative estimate of drug-likeness (QED) is 0.502. The fraction of sp³-hybridized carbons (Fsp3) is 1.00. The van der Waals surface area contributed by atoms with E-state index in [1.807, 2.05) is 0 Å². The molecular formula is C14H18F10. The van der Waals surface area contributed by atoms with Crippen molar-refractivity contribution < 1.29 is 43.9 Å². The minimum atomic E-state index is -6.76. The summed E-state index contributed by atoms with van der Waals surface area (Å²) in [5, 5.41) is 0. The van der Waals surface area contributed by atoms with Crippen LogP contribution >= 0.6 is 0 Å². The standard InChI is InChI=1S/C14H18F10/c1-4-6-8(7-5-2)10(16)9(3,15)11(17,18)13(21,22)14(23,24)12(10,19)20/h8H,4-7H2,1-3H3. The van der Waals surface area contributed by atoms with Crippen LogP contribution in [-0.2, 0) is 0 Å². The molecule has 0 amide bonds. The third-order valence-electron chi connectivity index (χ3n) is 4.75. The fourth-order valence-electron chi connectivity index (χ4n) is 3.32. The van der Waals surface area contributed by atoms with Crippen molar-refractivity contribution in [2.24, 2.45) is 5.92 Å². The molecule has 0 radical (unpaired) electrons. The van der Waals surface area contributed by atoms with Crippen LogP contribution in [0.25, 0.3) is 0 Å². The molecular weight excluding hydrogens is 358 g/mol. The zero-order chi connectivity index (χ0) is 19.4. The summed E-state index contributed by atoms with van der Waals surface area (Å²) >= 11 is 0. The highest BCUT2D eigenvalue weighted by Gasteiger charge is 2.99. The molecule has 0 aromatic carbocycles. The molecule has 1 fully saturated rings. The Morgan fingerprint density at radius 2 is 0.917 bits per heavy atom. The van der Waals surface area contributed by atoms with Gasteiger partial charge in [-0.15, -0.1) is 0 Å². The second-order valence-corrected chi connectivity index (χ2v) is 6.29. The van der Waals surface area contributed by atoms with Crippen LogP contribution in [0.2, 0.25) is 0 Å². The molecule has 1 saturated carbocycles. The van der Waals surface area contributed by atoms with Crippen molar-refractivity contribution in [3.05, 3.63) is 0 Å². The summed E-state index contributed by atoms with van der Waals surface area (Å²) in [4.78, 5) is 0. The summed E-state index contributed by atoms with van der Waals surface area (Å²) < 4.78 is 139. The lowest BCUT2D eigenvalue weighted by Gasteiger charge is -2.57. The van der Waals surface area contributed by atoms with Gasteiger partial charge in [0.25, 0.3) is 0 Å². The molecule has 1 aliphatic carbocycles. The fourth-order valence-corrected chi connectivity index (χ4v) is 3.32. The SMILES string of the molecule is CCCC(CCC)C1(F)C(C)(F)C(F)(F)C(F)(F)C(F)(F)C1(F)F. The Morgan fingerprint density at radius 1 is 0.583 bits per heavy atom. The van der Waals surface area contributed by atoms with Crippen molar-refractivity contribution in [1.82, 2.24) is 0 Å². The summed E-state index contributed by atoms with van der Waals surface area (Å²) in [6.45, 7) is 2.13. The molecule has 0 nitrogen and oxygen atoms in total. The average molecular weight is 376 g/mol. The van der Waals surface area contributed by atoms with E-state index in [9.17, 15) is 39.5 Å². The molecule has 0 heterocycles. The first kappa shape index (κ1) is 21.3. The summed E-state index contributed by atoms with van der Waals surface area (Å²) in [5.41, 5.74) is -10.4. The van der Waals surface area contributed by atoms with Gasteiger partial charge in [0.05, 0.1) is 0 Å². The number of hydrogen-bond donors (Lipinski definition) is 0. The Labute approximate surface area is 132 Å². The molecule has 1 aliphatic rings. The number of alkyl halides is 10. The van der Waals surface area contributed by atoms with E-state index in [1.54, 1.807) is 0 Å². The predicted octanol–water partition coefficient (Wildman–Crippen LogP) is 6.19. The lowest BCUT2D eigenvalue weighted by atomic mass is 9.60. The largest absolute Gasteiger partial charge is 0.381 e. The molecule has 0 saturated heterocycles. The van der Waals surface area contributed by atoms with Crippen LogP contribution in [-0.4, -0.2) is 35.0 Å². The molecule has 0 aliphatic heterocycles. The minimum Gasteiger partial charge on any atom is -0.233 e. The van der Waals surface area contributed by atoms with Gasteiger partial charge in [-0.2, -0.15) is 35.1 Å². The first-order valence-electron chi connectivity index (χ1n) is 7.41. The number of halogens is 10. The summed E-state index contributed by atoms with van der Waals surface area (Å²) in [7, 11) is 0. The van der Waals surface area contributed by atoms with Gasteiger partial charge in [-0.05, 0) is 19.8 Å². The highest BCUT2D eigenvalue weighted by atomic mass is 19.4. The highest BCUT2D eigenvalue weighted by molar-refractivity contribution is 5.29. The Morgan fingerprint density at radius 3 is 1.25 bits per heavy atom. The molecule has 2 unspecified atom stereocenters. The van der Waals surface area contributed by atoms with E-state index in [0.29, 0.717) is 0 Å². The molecule has 2 atom stereocenters. The van der Waals surface area contributed by atoms with Crippen LogP contribution in [0.1, 0.15) is 46.5 Å². The zero-order valence-corrected chi connectivity index (χ0v) is 13.2. The van der Waals surface area contributed by atoms with E-state index in [4.69, 9.17) is 0 Å². The molecule has 1 rings (SSSR count). The van der Waals surface area contributed by atoms with Gasteiger partial charge in [-0.25, -0.2) is 8.78 Å². The van der Waals surface area contributed by atoms with Crippen LogP contribution < -0.4 is 0 Å². The molecule has 0 N–H and O–H groups in total. The Hall–Kier alpha value is -0.700. The highest BCUT2D eigenvalue weighted by Crippen LogP contribution is 2.71. The van der Waals surface area contributed by atoms with Crippen LogP contribution in [0.4, 0.5) is 43.9 Å². The van der Waals surface area contributed by atoms with Gasteiger partial charge in [-0.3, -0.25) is 0 Å². The Kier molecular flexibility index (Phi) is 5.03. The van der Waals surface area contributed by atoms with Gasteiger partial charge in [-0.1, -0.05) is 26.7 Å². The van der Waals surface area contributed by atoms with Gasteiger partial charge in [0.15, 0.2) is 0 Å². The van der Waals surface area contributed by atoms with Gasteiger partial charge in [0.2, 0.25) is 11.3 Å². The third-order valence-corrected chi connectivity index (χ3v) is 4.75. The molecule has 10 heteroatoms. The van der Waals surface area contributed by atoms with Crippen molar-refractivity contribution >= 4 is 0 Å².